The number of hydrogen-bond acceptors (Lipinski definition) is 8. The number of fused-ring (bicyclic) bond motifs is 1. The van der Waals surface area contributed by atoms with Gasteiger partial charge in [0.15, 0.2) is 18.0 Å². The second kappa shape index (κ2) is 10.7. The van der Waals surface area contributed by atoms with Crippen molar-refractivity contribution in [2.75, 3.05) is 32.8 Å². The highest BCUT2D eigenvalue weighted by Crippen LogP contribution is 2.29. The van der Waals surface area contributed by atoms with Crippen LogP contribution in [0.5, 0.6) is 0 Å². The molecule has 0 aromatic heterocycles. The van der Waals surface area contributed by atoms with E-state index in [4.69, 9.17) is 9.47 Å². The Morgan fingerprint density at radius 2 is 1.94 bits per heavy atom. The van der Waals surface area contributed by atoms with E-state index >= 15 is 0 Å². The molecule has 35 heavy (non-hydrogen) atoms. The summed E-state index contributed by atoms with van der Waals surface area (Å²) in [4.78, 5) is 45.4. The third-order valence-corrected chi connectivity index (χ3v) is 5.60. The molecule has 3 N–H and O–H groups in total. The molecule has 1 aromatic carbocycles. The van der Waals surface area contributed by atoms with E-state index in [-0.39, 0.29) is 12.3 Å². The van der Waals surface area contributed by atoms with Crippen molar-refractivity contribution < 1.29 is 33.4 Å². The summed E-state index contributed by atoms with van der Waals surface area (Å²) < 4.78 is 23.9. The number of halogens is 1. The van der Waals surface area contributed by atoms with E-state index in [2.05, 4.69) is 15.6 Å². The molecule has 0 radical (unpaired) electrons. The number of ether oxygens (including phenoxy) is 2. The molecule has 0 aliphatic carbocycles. The highest BCUT2D eigenvalue weighted by molar-refractivity contribution is 6.44. The maximum atomic E-state index is 13.1. The van der Waals surface area contributed by atoms with Crippen molar-refractivity contribution in [2.24, 2.45) is 4.99 Å². The molecule has 2 atom stereocenters. The van der Waals surface area contributed by atoms with E-state index in [1.54, 1.807) is 13.0 Å². The number of allylic oxidation sites excluding steroid dienone is 1. The van der Waals surface area contributed by atoms with Crippen LogP contribution in [0.1, 0.15) is 12.5 Å². The van der Waals surface area contributed by atoms with Gasteiger partial charge in [-0.3, -0.25) is 14.5 Å². The van der Waals surface area contributed by atoms with Crippen LogP contribution in [0.4, 0.5) is 9.18 Å². The Bertz CT molecular complexity index is 1080. The van der Waals surface area contributed by atoms with Crippen LogP contribution in [0, 0.1) is 5.82 Å². The van der Waals surface area contributed by atoms with Crippen LogP contribution in [-0.4, -0.2) is 83.6 Å². The summed E-state index contributed by atoms with van der Waals surface area (Å²) in [5.74, 6) is -1.93. The third kappa shape index (κ3) is 5.49. The van der Waals surface area contributed by atoms with Crippen LogP contribution in [0.2, 0.25) is 0 Å². The van der Waals surface area contributed by atoms with Crippen molar-refractivity contribution in [3.05, 3.63) is 59.4 Å². The highest BCUT2D eigenvalue weighted by atomic mass is 19.1. The average Bonchev–Trinajstić information content (AvgIpc) is 2.86. The first-order chi connectivity index (χ1) is 16.9. The van der Waals surface area contributed by atoms with Crippen LogP contribution in [0.3, 0.4) is 0 Å². The molecule has 3 amide bonds. The minimum absolute atomic E-state index is 0.0315. The van der Waals surface area contributed by atoms with Gasteiger partial charge in [0.25, 0.3) is 11.8 Å². The zero-order valence-corrected chi connectivity index (χ0v) is 19.1. The summed E-state index contributed by atoms with van der Waals surface area (Å²) in [5.41, 5.74) is 0.797. The summed E-state index contributed by atoms with van der Waals surface area (Å²) in [5, 5.41) is 15.7. The Balaban J connectivity index is 1.59. The van der Waals surface area contributed by atoms with Crippen molar-refractivity contribution in [3.8, 4) is 0 Å². The zero-order chi connectivity index (χ0) is 24.9. The predicted molar refractivity (Wildman–Crippen MR) is 121 cm³/mol. The Morgan fingerprint density at radius 3 is 2.63 bits per heavy atom. The van der Waals surface area contributed by atoms with Gasteiger partial charge in [0.1, 0.15) is 11.5 Å². The lowest BCUT2D eigenvalue weighted by Crippen LogP contribution is -2.56. The standard InChI is InChI=1S/C23H26FN5O6/c1-2-25-23(33)35-17-11-16(28-7-9-34-10-8-28)13-29-20(17)27-18(19(30)22(29)32)21(31)26-12-14-3-5-15(24)6-4-14/h3-6,11,13,19-20,30H,2,7-10,12H2,1H3,(H,25,33)(H,26,31). The zero-order valence-electron chi connectivity index (χ0n) is 19.1. The number of rotatable bonds is 6. The van der Waals surface area contributed by atoms with Crippen molar-refractivity contribution >= 4 is 23.6 Å². The molecule has 1 fully saturated rings. The first-order valence-corrected chi connectivity index (χ1v) is 11.2. The van der Waals surface area contributed by atoms with E-state index in [1.165, 1.54) is 30.5 Å². The lowest BCUT2D eigenvalue weighted by atomic mass is 10.1. The Labute approximate surface area is 200 Å². The van der Waals surface area contributed by atoms with E-state index in [0.717, 1.165) is 4.90 Å². The van der Waals surface area contributed by atoms with Gasteiger partial charge in [0, 0.05) is 38.5 Å². The number of carbonyl (C=O) groups excluding carboxylic acids is 3. The Hall–Kier alpha value is -3.77. The first kappa shape index (κ1) is 24.4. The molecule has 3 aliphatic rings. The van der Waals surface area contributed by atoms with Gasteiger partial charge in [-0.05, 0) is 24.6 Å². The minimum Gasteiger partial charge on any atom is -0.410 e. The van der Waals surface area contributed by atoms with Crippen molar-refractivity contribution in [1.29, 1.82) is 0 Å². The number of hydrogen-bond donors (Lipinski definition) is 3. The van der Waals surface area contributed by atoms with Crippen molar-refractivity contribution in [1.82, 2.24) is 20.4 Å². The minimum atomic E-state index is -1.81. The van der Waals surface area contributed by atoms with E-state index in [9.17, 15) is 23.9 Å². The van der Waals surface area contributed by atoms with Gasteiger partial charge in [-0.2, -0.15) is 0 Å². The molecule has 186 valence electrons. The van der Waals surface area contributed by atoms with E-state index in [0.29, 0.717) is 44.1 Å². The van der Waals surface area contributed by atoms with Gasteiger partial charge in [-0.25, -0.2) is 14.2 Å². The van der Waals surface area contributed by atoms with E-state index < -0.39 is 41.7 Å². The van der Waals surface area contributed by atoms with Crippen molar-refractivity contribution in [2.45, 2.75) is 25.7 Å². The molecular formula is C23H26FN5O6. The van der Waals surface area contributed by atoms with Gasteiger partial charge < -0.3 is 30.1 Å². The van der Waals surface area contributed by atoms with Gasteiger partial charge >= 0.3 is 6.09 Å². The number of morpholine rings is 1. The van der Waals surface area contributed by atoms with Crippen LogP contribution in [-0.2, 0) is 25.6 Å². The molecule has 4 rings (SSSR count). The lowest BCUT2D eigenvalue weighted by molar-refractivity contribution is -0.138. The molecule has 0 spiro atoms. The molecule has 0 bridgehead atoms. The number of benzene rings is 1. The van der Waals surface area contributed by atoms with Crippen LogP contribution in [0.25, 0.3) is 0 Å². The van der Waals surface area contributed by atoms with Gasteiger partial charge in [0.2, 0.25) is 0 Å². The molecule has 3 heterocycles. The molecule has 0 saturated carbocycles. The number of alkyl carbamates (subject to hydrolysis) is 1. The molecule has 11 nitrogen and oxygen atoms in total. The summed E-state index contributed by atoms with van der Waals surface area (Å²) in [6, 6.07) is 5.52. The fraction of sp³-hybridized carbons (Fsp3) is 0.391. The molecule has 1 saturated heterocycles. The van der Waals surface area contributed by atoms with Gasteiger partial charge in [0.05, 0.1) is 18.9 Å². The van der Waals surface area contributed by atoms with Crippen LogP contribution < -0.4 is 10.6 Å². The fourth-order valence-electron chi connectivity index (χ4n) is 3.80. The second-order valence-corrected chi connectivity index (χ2v) is 7.97. The normalized spacial score (nSPS) is 21.9. The number of aliphatic hydroxyl groups excluding tert-OH is 1. The smallest absolute Gasteiger partial charge is 0.410 e. The first-order valence-electron chi connectivity index (χ1n) is 11.2. The average molecular weight is 487 g/mol. The molecule has 3 aliphatic heterocycles. The number of nitrogens with one attached hydrogen (secondary N) is 2. The predicted octanol–water partition coefficient (Wildman–Crippen LogP) is 0.229. The molecule has 12 heteroatoms. The topological polar surface area (TPSA) is 133 Å². The summed E-state index contributed by atoms with van der Waals surface area (Å²) in [6.07, 6.45) is -0.596. The maximum Gasteiger partial charge on any atom is 0.412 e. The number of aliphatic hydroxyl groups is 1. The van der Waals surface area contributed by atoms with Gasteiger partial charge in [-0.1, -0.05) is 12.1 Å². The summed E-state index contributed by atoms with van der Waals surface area (Å²) in [7, 11) is 0. The molecular weight excluding hydrogens is 461 g/mol. The lowest BCUT2D eigenvalue weighted by Gasteiger charge is -2.39. The largest absolute Gasteiger partial charge is 0.412 e. The molecule has 2 unspecified atom stereocenters. The Morgan fingerprint density at radius 1 is 1.23 bits per heavy atom. The maximum absolute atomic E-state index is 13.1. The number of amides is 3. The van der Waals surface area contributed by atoms with Crippen LogP contribution in [0.15, 0.2) is 53.0 Å². The van der Waals surface area contributed by atoms with Crippen molar-refractivity contribution in [3.63, 3.8) is 0 Å². The summed E-state index contributed by atoms with van der Waals surface area (Å²) in [6.45, 7) is 4.20. The van der Waals surface area contributed by atoms with Gasteiger partial charge in [-0.15, -0.1) is 0 Å². The quantitative estimate of drug-likeness (QED) is 0.523. The highest BCUT2D eigenvalue weighted by Gasteiger charge is 2.43. The van der Waals surface area contributed by atoms with E-state index in [1.807, 2.05) is 4.90 Å². The number of nitrogens with zero attached hydrogens (tertiary/aromatic N) is 3. The Kier molecular flexibility index (Phi) is 7.42. The number of carbonyl (C=O) groups is 3. The number of aliphatic imine (C=N–C) groups is 1. The third-order valence-electron chi connectivity index (χ3n) is 5.60. The summed E-state index contributed by atoms with van der Waals surface area (Å²) >= 11 is 0. The molecule has 1 aromatic rings. The second-order valence-electron chi connectivity index (χ2n) is 7.97. The van der Waals surface area contributed by atoms with Crippen LogP contribution >= 0.6 is 0 Å². The monoisotopic (exact) mass is 487 g/mol. The SMILES string of the molecule is CCNC(=O)OC1=CC(N2CCOCC2)=CN2C(=O)C(O)C(C(=O)NCc3ccc(F)cc3)=NC12. The fourth-order valence-corrected chi connectivity index (χ4v) is 3.80.